The third kappa shape index (κ3) is 4.14. The summed E-state index contributed by atoms with van der Waals surface area (Å²) in [4.78, 5) is 17.8. The van der Waals surface area contributed by atoms with Crippen LogP contribution >= 0.6 is 11.3 Å². The van der Waals surface area contributed by atoms with Gasteiger partial charge in [0, 0.05) is 17.7 Å². The molecule has 5 nitrogen and oxygen atoms in total. The third-order valence-corrected chi connectivity index (χ3v) is 5.01. The quantitative estimate of drug-likeness (QED) is 0.515. The second-order valence-corrected chi connectivity index (χ2v) is 6.91. The Labute approximate surface area is 151 Å². The summed E-state index contributed by atoms with van der Waals surface area (Å²) in [5.41, 5.74) is 4.21. The number of allylic oxidation sites excluding steroid dienone is 2. The fourth-order valence-electron chi connectivity index (χ4n) is 2.52. The maximum Gasteiger partial charge on any atom is 0.269 e. The van der Waals surface area contributed by atoms with Crippen molar-refractivity contribution in [3.05, 3.63) is 46.5 Å². The van der Waals surface area contributed by atoms with E-state index in [0.717, 1.165) is 30.0 Å². The minimum absolute atomic E-state index is 0.210. The first-order valence-corrected chi connectivity index (χ1v) is 9.37. The molecule has 1 amide bonds. The molecule has 3 N–H and O–H groups in total. The van der Waals surface area contributed by atoms with Gasteiger partial charge in [-0.3, -0.25) is 10.2 Å². The smallest absolute Gasteiger partial charge is 0.269 e. The molecule has 1 heterocycles. The number of aromatic nitrogens is 1. The van der Waals surface area contributed by atoms with Crippen molar-refractivity contribution in [2.45, 2.75) is 39.5 Å². The molecular formula is C19H22N4OS. The minimum atomic E-state index is -0.270. The van der Waals surface area contributed by atoms with Gasteiger partial charge in [0.1, 0.15) is 4.88 Å². The average Bonchev–Trinajstić information content (AvgIpc) is 3.39. The molecule has 130 valence electrons. The molecule has 6 heteroatoms. The van der Waals surface area contributed by atoms with Crippen LogP contribution in [-0.2, 0) is 0 Å². The van der Waals surface area contributed by atoms with E-state index in [-0.39, 0.29) is 11.7 Å². The number of carbonyl (C=O) groups is 1. The Hall–Kier alpha value is -2.47. The molecule has 3 rings (SSSR count). The molecule has 1 aromatic carbocycles. The van der Waals surface area contributed by atoms with Crippen molar-refractivity contribution in [3.8, 4) is 11.3 Å². The summed E-state index contributed by atoms with van der Waals surface area (Å²) >= 11 is 1.34. The molecule has 25 heavy (non-hydrogen) atoms. The van der Waals surface area contributed by atoms with Gasteiger partial charge in [0.2, 0.25) is 0 Å². The van der Waals surface area contributed by atoms with Crippen LogP contribution in [0.3, 0.4) is 0 Å². The van der Waals surface area contributed by atoms with E-state index in [1.165, 1.54) is 22.6 Å². The summed E-state index contributed by atoms with van der Waals surface area (Å²) in [5.74, 6) is -0.0605. The van der Waals surface area contributed by atoms with Gasteiger partial charge < -0.3 is 10.6 Å². The van der Waals surface area contributed by atoms with E-state index >= 15 is 0 Å². The first-order valence-electron chi connectivity index (χ1n) is 8.55. The highest BCUT2D eigenvalue weighted by Gasteiger charge is 2.22. The number of hydrogen-bond acceptors (Lipinski definition) is 5. The number of nitrogens with one attached hydrogen (secondary N) is 3. The van der Waals surface area contributed by atoms with E-state index in [2.05, 4.69) is 22.5 Å². The van der Waals surface area contributed by atoms with Gasteiger partial charge in [-0.1, -0.05) is 61.1 Å². The first kappa shape index (κ1) is 17.4. The monoisotopic (exact) mass is 354 g/mol. The lowest BCUT2D eigenvalue weighted by molar-refractivity contribution is 0.0980. The zero-order valence-corrected chi connectivity index (χ0v) is 15.3. The van der Waals surface area contributed by atoms with E-state index in [9.17, 15) is 4.79 Å². The Morgan fingerprint density at radius 3 is 2.52 bits per heavy atom. The number of anilines is 1. The van der Waals surface area contributed by atoms with Crippen LogP contribution in [0.1, 0.15) is 49.2 Å². The van der Waals surface area contributed by atoms with Gasteiger partial charge in [-0.15, -0.1) is 0 Å². The van der Waals surface area contributed by atoms with Crippen LogP contribution in [-0.4, -0.2) is 16.7 Å². The van der Waals surface area contributed by atoms with Crippen LogP contribution in [0.2, 0.25) is 0 Å². The van der Waals surface area contributed by atoms with E-state index in [1.54, 1.807) is 0 Å². The van der Waals surface area contributed by atoms with Crippen molar-refractivity contribution in [2.24, 2.45) is 0 Å². The molecule has 0 radical (unpaired) electrons. The lowest BCUT2D eigenvalue weighted by Gasteiger charge is -2.04. The van der Waals surface area contributed by atoms with Crippen LogP contribution in [0, 0.1) is 5.41 Å². The molecular weight excluding hydrogens is 332 g/mol. The molecule has 2 aromatic rings. The summed E-state index contributed by atoms with van der Waals surface area (Å²) in [6.45, 7) is 3.96. The number of carbonyl (C=O) groups excluding carboxylic acids is 1. The molecule has 0 unspecified atom stereocenters. The van der Waals surface area contributed by atoms with Crippen molar-refractivity contribution in [1.82, 2.24) is 10.3 Å². The van der Waals surface area contributed by atoms with Crippen molar-refractivity contribution in [1.29, 1.82) is 5.41 Å². The SMILES string of the molecule is CCC(=N)NC(=O)c1sc(NC(CC)=C2CC2)nc1-c1ccccc1. The lowest BCUT2D eigenvalue weighted by atomic mass is 10.1. The summed E-state index contributed by atoms with van der Waals surface area (Å²) in [6, 6.07) is 9.69. The molecule has 1 aromatic heterocycles. The second kappa shape index (κ2) is 7.61. The molecule has 0 atom stereocenters. The number of nitrogens with zero attached hydrogens (tertiary/aromatic N) is 1. The molecule has 1 saturated carbocycles. The van der Waals surface area contributed by atoms with E-state index in [4.69, 9.17) is 5.41 Å². The van der Waals surface area contributed by atoms with Gasteiger partial charge in [0.25, 0.3) is 5.91 Å². The Bertz CT molecular complexity index is 817. The zero-order chi connectivity index (χ0) is 17.8. The first-order chi connectivity index (χ1) is 12.1. The minimum Gasteiger partial charge on any atom is -0.335 e. The number of amides is 1. The van der Waals surface area contributed by atoms with Crippen LogP contribution in [0.5, 0.6) is 0 Å². The molecule has 0 bridgehead atoms. The highest BCUT2D eigenvalue weighted by molar-refractivity contribution is 7.18. The Balaban J connectivity index is 1.95. The number of thiazole rings is 1. The lowest BCUT2D eigenvalue weighted by Crippen LogP contribution is -2.28. The summed E-state index contributed by atoms with van der Waals surface area (Å²) in [5, 5.41) is 14.5. The molecule has 1 aliphatic rings. The molecule has 0 aliphatic heterocycles. The maximum atomic E-state index is 12.6. The topological polar surface area (TPSA) is 77.9 Å². The van der Waals surface area contributed by atoms with E-state index in [1.807, 2.05) is 37.3 Å². The van der Waals surface area contributed by atoms with Crippen molar-refractivity contribution in [3.63, 3.8) is 0 Å². The third-order valence-electron chi connectivity index (χ3n) is 4.04. The van der Waals surface area contributed by atoms with Gasteiger partial charge in [-0.05, 0) is 19.3 Å². The second-order valence-electron chi connectivity index (χ2n) is 5.91. The summed E-state index contributed by atoms with van der Waals surface area (Å²) in [6.07, 6.45) is 3.71. The van der Waals surface area contributed by atoms with Gasteiger partial charge in [-0.2, -0.15) is 0 Å². The van der Waals surface area contributed by atoms with Gasteiger partial charge in [0.05, 0.1) is 11.5 Å². The maximum absolute atomic E-state index is 12.6. The summed E-state index contributed by atoms with van der Waals surface area (Å²) in [7, 11) is 0. The van der Waals surface area contributed by atoms with Crippen molar-refractivity contribution in [2.75, 3.05) is 5.32 Å². The van der Waals surface area contributed by atoms with Crippen molar-refractivity contribution < 1.29 is 4.79 Å². The summed E-state index contributed by atoms with van der Waals surface area (Å²) < 4.78 is 0. The number of rotatable bonds is 6. The molecule has 1 fully saturated rings. The Kier molecular flexibility index (Phi) is 5.28. The van der Waals surface area contributed by atoms with Gasteiger partial charge in [0.15, 0.2) is 5.13 Å². The highest BCUT2D eigenvalue weighted by Crippen LogP contribution is 2.36. The van der Waals surface area contributed by atoms with Gasteiger partial charge in [-0.25, -0.2) is 4.98 Å². The standard InChI is InChI=1S/C19H22N4OS/c1-3-14(12-10-11-12)21-19-23-16(13-8-6-5-7-9-13)17(25-19)18(24)22-15(20)4-2/h5-9H,3-4,10-11H2,1-2H3,(H,21,23)(H2,20,22,24). The number of benzene rings is 1. The Morgan fingerprint density at radius 1 is 1.20 bits per heavy atom. The molecule has 1 aliphatic carbocycles. The van der Waals surface area contributed by atoms with E-state index in [0.29, 0.717) is 17.0 Å². The average molecular weight is 354 g/mol. The zero-order valence-electron chi connectivity index (χ0n) is 14.5. The number of hydrogen-bond donors (Lipinski definition) is 3. The van der Waals surface area contributed by atoms with Crippen LogP contribution in [0.15, 0.2) is 41.6 Å². The van der Waals surface area contributed by atoms with E-state index < -0.39 is 0 Å². The largest absolute Gasteiger partial charge is 0.335 e. The normalized spacial score (nSPS) is 12.6. The van der Waals surface area contributed by atoms with Gasteiger partial charge >= 0.3 is 0 Å². The highest BCUT2D eigenvalue weighted by atomic mass is 32.1. The Morgan fingerprint density at radius 2 is 1.92 bits per heavy atom. The van der Waals surface area contributed by atoms with Crippen LogP contribution < -0.4 is 10.6 Å². The van der Waals surface area contributed by atoms with Crippen molar-refractivity contribution >= 4 is 28.2 Å². The fourth-order valence-corrected chi connectivity index (χ4v) is 3.43. The predicted octanol–water partition coefficient (Wildman–Crippen LogP) is 4.80. The molecule has 0 saturated heterocycles. The van der Waals surface area contributed by atoms with Crippen LogP contribution in [0.25, 0.3) is 11.3 Å². The fraction of sp³-hybridized carbons (Fsp3) is 0.316. The molecule has 0 spiro atoms. The van der Waals surface area contributed by atoms with Crippen LogP contribution in [0.4, 0.5) is 5.13 Å². The number of amidine groups is 1. The predicted molar refractivity (Wildman–Crippen MR) is 103 cm³/mol.